The summed E-state index contributed by atoms with van der Waals surface area (Å²) in [6.07, 6.45) is 0.527. The molecule has 0 aromatic heterocycles. The lowest BCUT2D eigenvalue weighted by molar-refractivity contribution is -0.131. The number of carbonyl (C=O) groups is 1. The zero-order chi connectivity index (χ0) is 11.4. The van der Waals surface area contributed by atoms with Crippen LogP contribution >= 0.6 is 22.6 Å². The lowest BCUT2D eigenvalue weighted by Crippen LogP contribution is -2.47. The van der Waals surface area contributed by atoms with Crippen molar-refractivity contribution in [2.24, 2.45) is 0 Å². The van der Waals surface area contributed by atoms with Gasteiger partial charge in [-0.15, -0.1) is 0 Å². The van der Waals surface area contributed by atoms with Gasteiger partial charge in [0, 0.05) is 29.7 Å². The average Bonchev–Trinajstić information content (AvgIpc) is 2.33. The molecular weight excluding hydrogens is 315 g/mol. The second kappa shape index (κ2) is 5.63. The van der Waals surface area contributed by atoms with Crippen LogP contribution in [0.1, 0.15) is 5.56 Å². The van der Waals surface area contributed by atoms with E-state index in [4.69, 9.17) is 0 Å². The van der Waals surface area contributed by atoms with Gasteiger partial charge >= 0.3 is 0 Å². The van der Waals surface area contributed by atoms with E-state index >= 15 is 0 Å². The molecule has 1 heterocycles. The van der Waals surface area contributed by atoms with Crippen molar-refractivity contribution < 1.29 is 4.79 Å². The summed E-state index contributed by atoms with van der Waals surface area (Å²) in [5, 5.41) is 3.25. The molecule has 1 aromatic rings. The lowest BCUT2D eigenvalue weighted by atomic mass is 10.1. The van der Waals surface area contributed by atoms with Gasteiger partial charge < -0.3 is 10.2 Å². The van der Waals surface area contributed by atoms with Crippen molar-refractivity contribution in [2.45, 2.75) is 6.42 Å². The van der Waals surface area contributed by atoms with Gasteiger partial charge in [-0.05, 0) is 34.2 Å². The van der Waals surface area contributed by atoms with Crippen LogP contribution in [-0.4, -0.2) is 37.0 Å². The van der Waals surface area contributed by atoms with E-state index in [1.165, 1.54) is 3.57 Å². The largest absolute Gasteiger partial charge is 0.340 e. The first-order chi connectivity index (χ1) is 7.77. The van der Waals surface area contributed by atoms with Crippen LogP contribution in [0.4, 0.5) is 0 Å². The predicted molar refractivity (Wildman–Crippen MR) is 72.3 cm³/mol. The van der Waals surface area contributed by atoms with Crippen LogP contribution in [-0.2, 0) is 11.2 Å². The first kappa shape index (κ1) is 11.9. The molecule has 1 aliphatic rings. The number of carbonyl (C=O) groups excluding carboxylic acids is 1. The maximum atomic E-state index is 12.0. The van der Waals surface area contributed by atoms with Crippen molar-refractivity contribution in [3.05, 3.63) is 33.4 Å². The number of rotatable bonds is 2. The van der Waals surface area contributed by atoms with Gasteiger partial charge in [0.1, 0.15) is 0 Å². The maximum Gasteiger partial charge on any atom is 0.227 e. The topological polar surface area (TPSA) is 32.3 Å². The monoisotopic (exact) mass is 330 g/mol. The summed E-state index contributed by atoms with van der Waals surface area (Å²) in [6, 6.07) is 8.06. The molecule has 1 aromatic carbocycles. The number of hydrogen-bond acceptors (Lipinski definition) is 2. The van der Waals surface area contributed by atoms with Gasteiger partial charge in [0.15, 0.2) is 0 Å². The molecule has 86 valence electrons. The Labute approximate surface area is 109 Å². The fraction of sp³-hybridized carbons (Fsp3) is 0.417. The van der Waals surface area contributed by atoms with Gasteiger partial charge in [-0.1, -0.05) is 18.2 Å². The van der Waals surface area contributed by atoms with E-state index in [2.05, 4.69) is 27.9 Å². The highest BCUT2D eigenvalue weighted by molar-refractivity contribution is 14.1. The number of benzene rings is 1. The maximum absolute atomic E-state index is 12.0. The molecule has 0 atom stereocenters. The van der Waals surface area contributed by atoms with E-state index in [9.17, 15) is 4.79 Å². The Kier molecular flexibility index (Phi) is 4.17. The fourth-order valence-corrected chi connectivity index (χ4v) is 2.41. The number of halogens is 1. The van der Waals surface area contributed by atoms with Crippen LogP contribution in [0.25, 0.3) is 0 Å². The Morgan fingerprint density at radius 3 is 2.69 bits per heavy atom. The standard InChI is InChI=1S/C12H15IN2O/c13-11-4-2-1-3-10(11)9-12(16)15-7-5-14-6-8-15/h1-4,14H,5-9H2. The van der Waals surface area contributed by atoms with Gasteiger partial charge in [-0.25, -0.2) is 0 Å². The van der Waals surface area contributed by atoms with Crippen LogP contribution in [0, 0.1) is 3.57 Å². The lowest BCUT2D eigenvalue weighted by Gasteiger charge is -2.27. The van der Waals surface area contributed by atoms with Gasteiger partial charge in [0.25, 0.3) is 0 Å². The van der Waals surface area contributed by atoms with E-state index in [0.717, 1.165) is 31.7 Å². The highest BCUT2D eigenvalue weighted by Crippen LogP contribution is 2.13. The summed E-state index contributed by atoms with van der Waals surface area (Å²) in [4.78, 5) is 14.0. The molecule has 3 nitrogen and oxygen atoms in total. The van der Waals surface area contributed by atoms with Gasteiger partial charge in [0.05, 0.1) is 6.42 Å². The molecule has 1 aliphatic heterocycles. The highest BCUT2D eigenvalue weighted by Gasteiger charge is 2.16. The zero-order valence-corrected chi connectivity index (χ0v) is 11.2. The van der Waals surface area contributed by atoms with Gasteiger partial charge in [-0.2, -0.15) is 0 Å². The Balaban J connectivity index is 1.99. The Morgan fingerprint density at radius 1 is 1.31 bits per heavy atom. The van der Waals surface area contributed by atoms with Gasteiger partial charge in [0.2, 0.25) is 5.91 Å². The molecule has 16 heavy (non-hydrogen) atoms. The molecule has 0 spiro atoms. The summed E-state index contributed by atoms with van der Waals surface area (Å²) < 4.78 is 1.17. The minimum Gasteiger partial charge on any atom is -0.340 e. The van der Waals surface area contributed by atoms with Gasteiger partial charge in [-0.3, -0.25) is 4.79 Å². The molecule has 1 N–H and O–H groups in total. The summed E-state index contributed by atoms with van der Waals surface area (Å²) in [7, 11) is 0. The molecule has 0 unspecified atom stereocenters. The molecule has 0 radical (unpaired) electrons. The van der Waals surface area contributed by atoms with E-state index < -0.39 is 0 Å². The summed E-state index contributed by atoms with van der Waals surface area (Å²) >= 11 is 2.28. The van der Waals surface area contributed by atoms with E-state index in [1.807, 2.05) is 29.2 Å². The van der Waals surface area contributed by atoms with Crippen LogP contribution in [0.2, 0.25) is 0 Å². The van der Waals surface area contributed by atoms with Crippen LogP contribution in [0.5, 0.6) is 0 Å². The van der Waals surface area contributed by atoms with E-state index in [1.54, 1.807) is 0 Å². The smallest absolute Gasteiger partial charge is 0.227 e. The minimum atomic E-state index is 0.241. The third-order valence-electron chi connectivity index (χ3n) is 2.77. The first-order valence-corrected chi connectivity index (χ1v) is 6.57. The van der Waals surface area contributed by atoms with Crippen LogP contribution in [0.3, 0.4) is 0 Å². The van der Waals surface area contributed by atoms with Crippen molar-refractivity contribution >= 4 is 28.5 Å². The SMILES string of the molecule is O=C(Cc1ccccc1I)N1CCNCC1. The molecule has 4 heteroatoms. The third-order valence-corrected chi connectivity index (χ3v) is 3.82. The van der Waals surface area contributed by atoms with Crippen LogP contribution in [0.15, 0.2) is 24.3 Å². The Hall–Kier alpha value is -0.620. The normalized spacial score (nSPS) is 16.2. The van der Waals surface area contributed by atoms with Crippen LogP contribution < -0.4 is 5.32 Å². The second-order valence-corrected chi connectivity index (χ2v) is 5.06. The molecule has 2 rings (SSSR count). The highest BCUT2D eigenvalue weighted by atomic mass is 127. The summed E-state index contributed by atoms with van der Waals surface area (Å²) in [6.45, 7) is 3.50. The van der Waals surface area contributed by atoms with Crippen molar-refractivity contribution in [3.63, 3.8) is 0 Å². The first-order valence-electron chi connectivity index (χ1n) is 5.49. The van der Waals surface area contributed by atoms with Crippen molar-refractivity contribution in [1.29, 1.82) is 0 Å². The molecule has 0 bridgehead atoms. The van der Waals surface area contributed by atoms with Crippen molar-refractivity contribution in [2.75, 3.05) is 26.2 Å². The minimum absolute atomic E-state index is 0.241. The molecule has 1 amide bonds. The third kappa shape index (κ3) is 2.95. The Bertz CT molecular complexity index is 375. The number of nitrogens with one attached hydrogen (secondary N) is 1. The summed E-state index contributed by atoms with van der Waals surface area (Å²) in [5.41, 5.74) is 1.13. The van der Waals surface area contributed by atoms with Crippen molar-refractivity contribution in [1.82, 2.24) is 10.2 Å². The zero-order valence-electron chi connectivity index (χ0n) is 9.08. The average molecular weight is 330 g/mol. The number of piperazine rings is 1. The van der Waals surface area contributed by atoms with E-state index in [0.29, 0.717) is 6.42 Å². The molecule has 1 saturated heterocycles. The van der Waals surface area contributed by atoms with Crippen molar-refractivity contribution in [3.8, 4) is 0 Å². The molecule has 0 aliphatic carbocycles. The van der Waals surface area contributed by atoms with E-state index in [-0.39, 0.29) is 5.91 Å². The molecular formula is C12H15IN2O. The quantitative estimate of drug-likeness (QED) is 0.829. The molecule has 1 fully saturated rings. The molecule has 0 saturated carbocycles. The number of hydrogen-bond donors (Lipinski definition) is 1. The fourth-order valence-electron chi connectivity index (χ4n) is 1.83. The summed E-state index contributed by atoms with van der Waals surface area (Å²) in [5.74, 6) is 0.241. The second-order valence-electron chi connectivity index (χ2n) is 3.90. The Morgan fingerprint density at radius 2 is 2.00 bits per heavy atom. The predicted octanol–water partition coefficient (Wildman–Crippen LogP) is 1.27. The number of nitrogens with zero attached hydrogens (tertiary/aromatic N) is 1. The number of amides is 1.